The number of furan rings is 1. The van der Waals surface area contributed by atoms with Gasteiger partial charge >= 0.3 is 5.88 Å². The Balaban J connectivity index is 3.02. The van der Waals surface area contributed by atoms with E-state index in [4.69, 9.17) is 20.0 Å². The van der Waals surface area contributed by atoms with E-state index in [-0.39, 0.29) is 11.3 Å². The molecule has 1 N–H and O–H groups in total. The van der Waals surface area contributed by atoms with Crippen molar-refractivity contribution in [2.24, 2.45) is 0 Å². The second-order valence-electron chi connectivity index (χ2n) is 2.68. The molecular weight excluding hydrogens is 214 g/mol. The smallest absolute Gasteiger partial charge is 0.401 e. The number of hydrogen-bond donors (Lipinski definition) is 1. The van der Waals surface area contributed by atoms with Crippen LogP contribution in [0.2, 0.25) is 0 Å². The highest BCUT2D eigenvalue weighted by atomic mass is 16.6. The lowest BCUT2D eigenvalue weighted by molar-refractivity contribution is -0.402. The fourth-order valence-corrected chi connectivity index (χ4v) is 0.913. The van der Waals surface area contributed by atoms with E-state index in [9.17, 15) is 10.1 Å². The Labute approximate surface area is 89.6 Å². The van der Waals surface area contributed by atoms with E-state index in [1.54, 1.807) is 6.07 Å². The van der Waals surface area contributed by atoms with Crippen LogP contribution in [0.4, 0.5) is 5.88 Å². The molecule has 7 heteroatoms. The molecule has 1 unspecified atom stereocenters. The van der Waals surface area contributed by atoms with E-state index < -0.39 is 16.9 Å². The normalized spacial score (nSPS) is 12.6. The monoisotopic (exact) mass is 219 g/mol. The Kier molecular flexibility index (Phi) is 3.38. The van der Waals surface area contributed by atoms with Gasteiger partial charge in [-0.2, -0.15) is 10.5 Å². The van der Waals surface area contributed by atoms with Gasteiger partial charge in [0, 0.05) is 0 Å². The van der Waals surface area contributed by atoms with E-state index in [1.807, 2.05) is 0 Å². The quantitative estimate of drug-likeness (QED) is 0.349. The van der Waals surface area contributed by atoms with Crippen LogP contribution in [0.1, 0.15) is 5.76 Å². The van der Waals surface area contributed by atoms with Gasteiger partial charge in [0.1, 0.15) is 10.7 Å². The van der Waals surface area contributed by atoms with Gasteiger partial charge in [-0.15, -0.1) is 0 Å². The molecular formula is C9H5N3O4. The number of rotatable bonds is 3. The minimum absolute atomic E-state index is 0.0255. The molecule has 0 aliphatic carbocycles. The third-order valence-corrected chi connectivity index (χ3v) is 1.64. The molecule has 0 spiro atoms. The van der Waals surface area contributed by atoms with E-state index in [2.05, 4.69) is 0 Å². The Morgan fingerprint density at radius 1 is 1.62 bits per heavy atom. The van der Waals surface area contributed by atoms with Crippen LogP contribution in [0.15, 0.2) is 22.1 Å². The second-order valence-corrected chi connectivity index (χ2v) is 2.68. The predicted octanol–water partition coefficient (Wildman–Crippen LogP) is 0.979. The molecule has 1 aromatic heterocycles. The first kappa shape index (κ1) is 11.4. The molecule has 1 atom stereocenters. The van der Waals surface area contributed by atoms with Crippen LogP contribution in [0.3, 0.4) is 0 Å². The van der Waals surface area contributed by atoms with Crippen LogP contribution in [0, 0.1) is 32.8 Å². The van der Waals surface area contributed by atoms with Crippen LogP contribution in [-0.4, -0.2) is 16.1 Å². The maximum atomic E-state index is 10.3. The largest absolute Gasteiger partial charge is 0.433 e. The van der Waals surface area contributed by atoms with Crippen LogP contribution in [0.5, 0.6) is 0 Å². The average molecular weight is 219 g/mol. The summed E-state index contributed by atoms with van der Waals surface area (Å²) in [4.78, 5) is 9.55. The topological polar surface area (TPSA) is 124 Å². The minimum Gasteiger partial charge on any atom is -0.401 e. The summed E-state index contributed by atoms with van der Waals surface area (Å²) >= 11 is 0. The van der Waals surface area contributed by atoms with Crippen molar-refractivity contribution in [1.82, 2.24) is 0 Å². The molecule has 1 heterocycles. The first-order valence-electron chi connectivity index (χ1n) is 4.02. The van der Waals surface area contributed by atoms with Crippen molar-refractivity contribution in [1.29, 1.82) is 10.5 Å². The fraction of sp³-hybridized carbons (Fsp3) is 0.111. The summed E-state index contributed by atoms with van der Waals surface area (Å²) in [6.45, 7) is 0. The standard InChI is InChI=1S/C9H5N3O4/c10-4-6(8(13)5-11)3-7-1-2-9(16-7)12(14)15/h1-3,8,13H/b6-3-. The summed E-state index contributed by atoms with van der Waals surface area (Å²) < 4.78 is 4.72. The lowest BCUT2D eigenvalue weighted by Crippen LogP contribution is -2.04. The van der Waals surface area contributed by atoms with Gasteiger partial charge in [-0.3, -0.25) is 10.1 Å². The first-order chi connectivity index (χ1) is 7.58. The van der Waals surface area contributed by atoms with Crippen molar-refractivity contribution < 1.29 is 14.4 Å². The molecule has 0 bridgehead atoms. The van der Waals surface area contributed by atoms with E-state index in [1.165, 1.54) is 12.1 Å². The molecule has 16 heavy (non-hydrogen) atoms. The molecule has 1 rings (SSSR count). The van der Waals surface area contributed by atoms with Crippen molar-refractivity contribution in [3.8, 4) is 12.1 Å². The highest BCUT2D eigenvalue weighted by Crippen LogP contribution is 2.18. The average Bonchev–Trinajstić information content (AvgIpc) is 2.73. The van der Waals surface area contributed by atoms with Crippen LogP contribution < -0.4 is 0 Å². The number of hydrogen-bond acceptors (Lipinski definition) is 6. The zero-order chi connectivity index (χ0) is 12.1. The Bertz CT molecular complexity index is 518. The van der Waals surface area contributed by atoms with Crippen molar-refractivity contribution in [3.05, 3.63) is 33.6 Å². The SMILES string of the molecule is N#C/C(=C/c1ccc([N+](=O)[O-])o1)C(O)C#N. The lowest BCUT2D eigenvalue weighted by Gasteiger charge is -1.96. The summed E-state index contributed by atoms with van der Waals surface area (Å²) in [5.74, 6) is -0.451. The van der Waals surface area contributed by atoms with Crippen LogP contribution in [0.25, 0.3) is 6.08 Å². The minimum atomic E-state index is -1.57. The molecule has 0 saturated carbocycles. The predicted molar refractivity (Wildman–Crippen MR) is 50.6 cm³/mol. The van der Waals surface area contributed by atoms with E-state index in [0.29, 0.717) is 0 Å². The summed E-state index contributed by atoms with van der Waals surface area (Å²) in [5.41, 5.74) is -0.244. The third kappa shape index (κ3) is 2.44. The third-order valence-electron chi connectivity index (χ3n) is 1.64. The van der Waals surface area contributed by atoms with Crippen molar-refractivity contribution in [2.75, 3.05) is 0 Å². The van der Waals surface area contributed by atoms with Crippen molar-refractivity contribution in [3.63, 3.8) is 0 Å². The molecule has 0 aliphatic heterocycles. The number of nitriles is 2. The molecule has 0 radical (unpaired) electrons. The van der Waals surface area contributed by atoms with Gasteiger partial charge in [-0.25, -0.2) is 0 Å². The second kappa shape index (κ2) is 4.73. The fourth-order valence-electron chi connectivity index (χ4n) is 0.913. The number of nitrogens with zero attached hydrogens (tertiary/aromatic N) is 3. The maximum Gasteiger partial charge on any atom is 0.433 e. The zero-order valence-electron chi connectivity index (χ0n) is 7.82. The van der Waals surface area contributed by atoms with Crippen LogP contribution in [-0.2, 0) is 0 Å². The van der Waals surface area contributed by atoms with Gasteiger partial charge in [0.2, 0.25) is 0 Å². The summed E-state index contributed by atoms with van der Waals surface area (Å²) in [6.07, 6.45) is -0.505. The highest BCUT2D eigenvalue weighted by Gasteiger charge is 2.13. The summed E-state index contributed by atoms with van der Waals surface area (Å²) in [7, 11) is 0. The summed E-state index contributed by atoms with van der Waals surface area (Å²) in [5, 5.41) is 36.3. The van der Waals surface area contributed by atoms with Gasteiger partial charge in [0.15, 0.2) is 6.10 Å². The van der Waals surface area contributed by atoms with E-state index in [0.717, 1.165) is 12.1 Å². The van der Waals surface area contributed by atoms with Gasteiger partial charge in [-0.1, -0.05) is 0 Å². The number of aliphatic hydroxyl groups excluding tert-OH is 1. The maximum absolute atomic E-state index is 10.3. The molecule has 0 aromatic carbocycles. The zero-order valence-corrected chi connectivity index (χ0v) is 7.82. The lowest BCUT2D eigenvalue weighted by atomic mass is 10.1. The molecule has 0 fully saturated rings. The van der Waals surface area contributed by atoms with Crippen LogP contribution >= 0.6 is 0 Å². The molecule has 80 valence electrons. The Hall–Kier alpha value is -2.64. The van der Waals surface area contributed by atoms with Gasteiger partial charge in [-0.05, 0) is 12.1 Å². The molecule has 7 nitrogen and oxygen atoms in total. The molecule has 0 saturated heterocycles. The van der Waals surface area contributed by atoms with Crippen molar-refractivity contribution in [2.45, 2.75) is 6.10 Å². The van der Waals surface area contributed by atoms with E-state index >= 15 is 0 Å². The van der Waals surface area contributed by atoms with Gasteiger partial charge in [0.25, 0.3) is 0 Å². The van der Waals surface area contributed by atoms with Gasteiger partial charge in [0.05, 0.1) is 23.8 Å². The molecule has 0 amide bonds. The Morgan fingerprint density at radius 2 is 2.31 bits per heavy atom. The van der Waals surface area contributed by atoms with Gasteiger partial charge < -0.3 is 9.52 Å². The Morgan fingerprint density at radius 3 is 2.75 bits per heavy atom. The summed E-state index contributed by atoms with van der Waals surface area (Å²) in [6, 6.07) is 5.43. The molecule has 0 aliphatic rings. The highest BCUT2D eigenvalue weighted by molar-refractivity contribution is 5.56. The molecule has 1 aromatic rings. The number of nitro groups is 1. The van der Waals surface area contributed by atoms with Crippen molar-refractivity contribution >= 4 is 12.0 Å². The number of aliphatic hydroxyl groups is 1. The first-order valence-corrected chi connectivity index (χ1v) is 4.02.